The van der Waals surface area contributed by atoms with E-state index in [1.165, 1.54) is 10.9 Å². The third-order valence-electron chi connectivity index (χ3n) is 4.17. The average molecular weight is 318 g/mol. The van der Waals surface area contributed by atoms with E-state index in [1.807, 2.05) is 31.3 Å². The van der Waals surface area contributed by atoms with E-state index in [0.717, 1.165) is 22.5 Å². The molecule has 5 nitrogen and oxygen atoms in total. The fourth-order valence-electron chi connectivity index (χ4n) is 3.12. The molecule has 0 aliphatic rings. The van der Waals surface area contributed by atoms with Gasteiger partial charge in [-0.3, -0.25) is 4.98 Å². The Morgan fingerprint density at radius 3 is 2.75 bits per heavy atom. The molecule has 5 heteroatoms. The van der Waals surface area contributed by atoms with E-state index in [0.29, 0.717) is 5.82 Å². The summed E-state index contributed by atoms with van der Waals surface area (Å²) in [4.78, 5) is 7.74. The van der Waals surface area contributed by atoms with Gasteiger partial charge in [-0.25, -0.2) is 0 Å². The minimum absolute atomic E-state index is 0.0700. The van der Waals surface area contributed by atoms with E-state index >= 15 is 0 Å². The predicted octanol–water partition coefficient (Wildman–Crippen LogP) is 4.37. The molecule has 1 aromatic carbocycles. The summed E-state index contributed by atoms with van der Waals surface area (Å²) in [5, 5.41) is 8.76. The first-order valence-electron chi connectivity index (χ1n) is 7.89. The maximum Gasteiger partial charge on any atom is 0.170 e. The number of rotatable bonds is 4. The average Bonchev–Trinajstić information content (AvgIpc) is 3.16. The highest BCUT2D eigenvalue weighted by molar-refractivity contribution is 5.86. The first kappa shape index (κ1) is 14.5. The Morgan fingerprint density at radius 2 is 2.00 bits per heavy atom. The number of aryl methyl sites for hydroxylation is 2. The molecule has 0 bridgehead atoms. The van der Waals surface area contributed by atoms with Crippen LogP contribution in [0.2, 0.25) is 0 Å². The number of hydrogen-bond acceptors (Lipinski definition) is 4. The fraction of sp³-hybridized carbons (Fsp3) is 0.158. The van der Waals surface area contributed by atoms with Crippen molar-refractivity contribution in [2.45, 2.75) is 19.9 Å². The Morgan fingerprint density at radius 1 is 1.12 bits per heavy atom. The molecule has 0 unspecified atom stereocenters. The van der Waals surface area contributed by atoms with Crippen molar-refractivity contribution in [2.75, 3.05) is 5.32 Å². The van der Waals surface area contributed by atoms with E-state index in [1.54, 1.807) is 6.20 Å². The van der Waals surface area contributed by atoms with Gasteiger partial charge in [0.2, 0.25) is 0 Å². The fourth-order valence-corrected chi connectivity index (χ4v) is 3.12. The minimum Gasteiger partial charge on any atom is -0.360 e. The Bertz CT molecular complexity index is 971. The van der Waals surface area contributed by atoms with Crippen molar-refractivity contribution in [3.05, 3.63) is 77.4 Å². The summed E-state index contributed by atoms with van der Waals surface area (Å²) >= 11 is 0. The Balaban J connectivity index is 1.87. The summed E-state index contributed by atoms with van der Waals surface area (Å²) in [5.74, 6) is 1.49. The molecular formula is C19H18N4O. The summed E-state index contributed by atoms with van der Waals surface area (Å²) in [6, 6.07) is 14.2. The van der Waals surface area contributed by atoms with Crippen LogP contribution in [0.25, 0.3) is 10.9 Å². The number of nitrogens with zero attached hydrogens (tertiary/aromatic N) is 2. The van der Waals surface area contributed by atoms with Gasteiger partial charge in [0.1, 0.15) is 5.76 Å². The highest BCUT2D eigenvalue weighted by atomic mass is 16.5. The van der Waals surface area contributed by atoms with Crippen LogP contribution in [-0.2, 0) is 0 Å². The molecule has 0 aliphatic carbocycles. The smallest absolute Gasteiger partial charge is 0.170 e. The van der Waals surface area contributed by atoms with Crippen molar-refractivity contribution in [3.63, 3.8) is 0 Å². The van der Waals surface area contributed by atoms with Gasteiger partial charge in [-0.2, -0.15) is 0 Å². The number of H-pyrrole nitrogens is 1. The van der Waals surface area contributed by atoms with Crippen LogP contribution in [0, 0.1) is 13.8 Å². The van der Waals surface area contributed by atoms with Gasteiger partial charge in [0.15, 0.2) is 5.82 Å². The Kier molecular flexibility index (Phi) is 3.54. The monoisotopic (exact) mass is 318 g/mol. The molecule has 0 amide bonds. The molecule has 0 radical (unpaired) electrons. The lowest BCUT2D eigenvalue weighted by Crippen LogP contribution is -2.13. The van der Waals surface area contributed by atoms with E-state index in [9.17, 15) is 0 Å². The van der Waals surface area contributed by atoms with Crippen molar-refractivity contribution in [1.82, 2.24) is 15.1 Å². The van der Waals surface area contributed by atoms with E-state index in [2.05, 4.69) is 51.6 Å². The number of para-hydroxylation sites is 1. The number of nitrogens with one attached hydrogen (secondary N) is 2. The van der Waals surface area contributed by atoms with Crippen LogP contribution in [0.4, 0.5) is 5.82 Å². The van der Waals surface area contributed by atoms with Crippen molar-refractivity contribution in [1.29, 1.82) is 0 Å². The lowest BCUT2D eigenvalue weighted by atomic mass is 9.97. The molecule has 120 valence electrons. The second-order valence-electron chi connectivity index (χ2n) is 5.90. The van der Waals surface area contributed by atoms with Gasteiger partial charge in [-0.1, -0.05) is 29.4 Å². The Labute approximate surface area is 139 Å². The van der Waals surface area contributed by atoms with Gasteiger partial charge < -0.3 is 14.8 Å². The van der Waals surface area contributed by atoms with E-state index < -0.39 is 0 Å². The van der Waals surface area contributed by atoms with Crippen LogP contribution in [0.1, 0.15) is 28.6 Å². The number of aromatic nitrogens is 3. The van der Waals surface area contributed by atoms with Gasteiger partial charge in [0, 0.05) is 40.6 Å². The summed E-state index contributed by atoms with van der Waals surface area (Å²) < 4.78 is 5.20. The van der Waals surface area contributed by atoms with Crippen molar-refractivity contribution >= 4 is 16.7 Å². The Hall–Kier alpha value is -3.08. The third-order valence-corrected chi connectivity index (χ3v) is 4.17. The second-order valence-corrected chi connectivity index (χ2v) is 5.90. The molecule has 4 aromatic rings. The first-order valence-corrected chi connectivity index (χ1v) is 7.89. The minimum atomic E-state index is -0.0700. The zero-order chi connectivity index (χ0) is 16.5. The molecule has 24 heavy (non-hydrogen) atoms. The van der Waals surface area contributed by atoms with Crippen LogP contribution < -0.4 is 5.32 Å². The largest absolute Gasteiger partial charge is 0.360 e. The molecule has 1 atom stereocenters. The quantitative estimate of drug-likeness (QED) is 0.586. The molecule has 0 saturated carbocycles. The molecule has 0 saturated heterocycles. The van der Waals surface area contributed by atoms with Gasteiger partial charge in [-0.05, 0) is 31.5 Å². The maximum absolute atomic E-state index is 5.20. The van der Waals surface area contributed by atoms with Gasteiger partial charge >= 0.3 is 0 Å². The number of fused-ring (bicyclic) bond motifs is 1. The van der Waals surface area contributed by atoms with Crippen molar-refractivity contribution < 1.29 is 4.52 Å². The topological polar surface area (TPSA) is 66.7 Å². The standard InChI is InChI=1S/C19H18N4O/c1-12-10-17(23-24-12)22-19(14-6-5-9-20-11-14)18-13(2)21-16-8-4-3-7-15(16)18/h3-11,19,21H,1-2H3,(H,22,23)/t19-/m1/s1. The highest BCUT2D eigenvalue weighted by Crippen LogP contribution is 2.34. The molecule has 0 aliphatic heterocycles. The van der Waals surface area contributed by atoms with Crippen LogP contribution in [0.3, 0.4) is 0 Å². The SMILES string of the molecule is Cc1cc(N[C@H](c2cccnc2)c2c(C)[nH]c3ccccc23)no1. The van der Waals surface area contributed by atoms with Gasteiger partial charge in [0.05, 0.1) is 6.04 Å². The number of benzene rings is 1. The van der Waals surface area contributed by atoms with Crippen molar-refractivity contribution in [3.8, 4) is 0 Å². The molecule has 0 fully saturated rings. The van der Waals surface area contributed by atoms with E-state index in [-0.39, 0.29) is 6.04 Å². The number of anilines is 1. The maximum atomic E-state index is 5.20. The molecule has 0 spiro atoms. The molecule has 4 rings (SSSR count). The summed E-state index contributed by atoms with van der Waals surface area (Å²) in [6.07, 6.45) is 3.66. The zero-order valence-corrected chi connectivity index (χ0v) is 13.6. The number of pyridine rings is 1. The zero-order valence-electron chi connectivity index (χ0n) is 13.6. The van der Waals surface area contributed by atoms with Crippen LogP contribution in [0.15, 0.2) is 59.4 Å². The van der Waals surface area contributed by atoms with Crippen molar-refractivity contribution in [2.24, 2.45) is 0 Å². The van der Waals surface area contributed by atoms with Gasteiger partial charge in [-0.15, -0.1) is 0 Å². The number of hydrogen-bond donors (Lipinski definition) is 2. The van der Waals surface area contributed by atoms with Crippen LogP contribution in [-0.4, -0.2) is 15.1 Å². The molecule has 2 N–H and O–H groups in total. The molecular weight excluding hydrogens is 300 g/mol. The second kappa shape index (κ2) is 5.85. The summed E-state index contributed by atoms with van der Waals surface area (Å²) in [6.45, 7) is 3.97. The van der Waals surface area contributed by atoms with Gasteiger partial charge in [0.25, 0.3) is 0 Å². The third kappa shape index (κ3) is 2.54. The summed E-state index contributed by atoms with van der Waals surface area (Å²) in [7, 11) is 0. The van der Waals surface area contributed by atoms with Crippen LogP contribution >= 0.6 is 0 Å². The number of aromatic amines is 1. The van der Waals surface area contributed by atoms with E-state index in [4.69, 9.17) is 4.52 Å². The summed E-state index contributed by atoms with van der Waals surface area (Å²) in [5.41, 5.74) is 4.51. The predicted molar refractivity (Wildman–Crippen MR) is 94.0 cm³/mol. The normalized spacial score (nSPS) is 12.4. The highest BCUT2D eigenvalue weighted by Gasteiger charge is 2.22. The lowest BCUT2D eigenvalue weighted by molar-refractivity contribution is 0.399. The molecule has 3 heterocycles. The van der Waals surface area contributed by atoms with Crippen LogP contribution in [0.5, 0.6) is 0 Å². The lowest BCUT2D eigenvalue weighted by Gasteiger charge is -2.19. The first-order chi connectivity index (χ1) is 11.7. The molecule has 3 aromatic heterocycles.